The molecule has 0 radical (unpaired) electrons. The second-order valence-electron chi connectivity index (χ2n) is 2.39. The molecule has 0 atom stereocenters. The Bertz CT molecular complexity index is 440. The Balaban J connectivity index is 2.96. The molecule has 0 aliphatic rings. The van der Waals surface area contributed by atoms with Crippen molar-refractivity contribution in [1.82, 2.24) is 0 Å². The Kier molecular flexibility index (Phi) is 5.51. The summed E-state index contributed by atoms with van der Waals surface area (Å²) in [6.45, 7) is 0. The van der Waals surface area contributed by atoms with Crippen molar-refractivity contribution >= 4 is 46.0 Å². The normalized spacial score (nSPS) is 10.5. The van der Waals surface area contributed by atoms with Crippen molar-refractivity contribution in [3.63, 3.8) is 0 Å². The van der Waals surface area contributed by atoms with E-state index in [0.29, 0.717) is 5.02 Å². The monoisotopic (exact) mass is 348 g/mol. The van der Waals surface area contributed by atoms with Crippen molar-refractivity contribution in [2.75, 3.05) is 0 Å². The van der Waals surface area contributed by atoms with Crippen molar-refractivity contribution in [2.45, 2.75) is 0 Å². The van der Waals surface area contributed by atoms with Crippen molar-refractivity contribution in [2.24, 2.45) is 0 Å². The van der Waals surface area contributed by atoms with Gasteiger partial charge < -0.3 is 0 Å². The van der Waals surface area contributed by atoms with Gasteiger partial charge in [-0.05, 0) is 0 Å². The number of halogens is 1. The molecule has 15 heavy (non-hydrogen) atoms. The molecule has 2 nitrogen and oxygen atoms in total. The van der Waals surface area contributed by atoms with Crippen LogP contribution in [0.1, 0.15) is 5.56 Å². The van der Waals surface area contributed by atoms with E-state index in [1.807, 2.05) is 17.1 Å². The summed E-state index contributed by atoms with van der Waals surface area (Å²) in [5.74, 6) is 0. The van der Waals surface area contributed by atoms with E-state index >= 15 is 0 Å². The summed E-state index contributed by atoms with van der Waals surface area (Å²) in [5.41, 5.74) is 0.984. The van der Waals surface area contributed by atoms with Crippen LogP contribution in [0.25, 0.3) is 4.47 Å². The van der Waals surface area contributed by atoms with Gasteiger partial charge in [-0.15, -0.1) is 0 Å². The van der Waals surface area contributed by atoms with Gasteiger partial charge in [0, 0.05) is 0 Å². The third-order valence-electron chi connectivity index (χ3n) is 1.50. The summed E-state index contributed by atoms with van der Waals surface area (Å²) in [7, 11) is 0. The summed E-state index contributed by atoms with van der Waals surface area (Å²) in [5, 5.41) is 17.9. The average Bonchev–Trinajstić information content (AvgIpc) is 2.25. The van der Waals surface area contributed by atoms with Crippen LogP contribution in [-0.4, -0.2) is 29.9 Å². The fourth-order valence-corrected chi connectivity index (χ4v) is 3.53. The fraction of sp³-hybridized carbons (Fsp3) is 0. The Morgan fingerprint density at radius 3 is 2.40 bits per heavy atom. The Labute approximate surface area is 106 Å². The Hall–Kier alpha value is -0.731. The van der Waals surface area contributed by atoms with Gasteiger partial charge in [-0.2, -0.15) is 0 Å². The first-order valence-corrected chi connectivity index (χ1v) is 7.78. The van der Waals surface area contributed by atoms with Gasteiger partial charge >= 0.3 is 106 Å². The summed E-state index contributed by atoms with van der Waals surface area (Å²) in [4.78, 5) is 6.11. The third kappa shape index (κ3) is 4.10. The average molecular weight is 347 g/mol. The number of hydrogen-bond acceptors (Lipinski definition) is 2. The maximum absolute atomic E-state index is 8.69. The second kappa shape index (κ2) is 6.70. The van der Waals surface area contributed by atoms with Crippen molar-refractivity contribution in [3.8, 4) is 9.94 Å². The third-order valence-corrected chi connectivity index (χ3v) is 4.87. The molecule has 0 aliphatic carbocycles. The first kappa shape index (κ1) is 12.3. The van der Waals surface area contributed by atoms with Crippen LogP contribution in [0.5, 0.6) is 0 Å². The molecule has 0 saturated carbocycles. The van der Waals surface area contributed by atoms with E-state index < -0.39 is 0 Å². The summed E-state index contributed by atoms with van der Waals surface area (Å²) < 4.78 is 0.961. The molecule has 0 bridgehead atoms. The van der Waals surface area contributed by atoms with E-state index in [1.165, 1.54) is 0 Å². The standard InChI is InChI=1S/C10H5ClN2Se2/c11-9-3-1-8(2-4-9)10(15-7-13)5-14-6-12/h1-5H. The van der Waals surface area contributed by atoms with Crippen LogP contribution in [0.4, 0.5) is 0 Å². The first-order chi connectivity index (χ1) is 7.27. The predicted molar refractivity (Wildman–Crippen MR) is 62.2 cm³/mol. The van der Waals surface area contributed by atoms with Gasteiger partial charge in [0.1, 0.15) is 0 Å². The molecule has 0 aromatic heterocycles. The molecule has 0 N–H and O–H groups in total. The van der Waals surface area contributed by atoms with E-state index in [9.17, 15) is 0 Å². The molecule has 74 valence electrons. The van der Waals surface area contributed by atoms with Crippen molar-refractivity contribution in [1.29, 1.82) is 10.5 Å². The molecular formula is C10H5ClN2Se2. The fourth-order valence-electron chi connectivity index (χ4n) is 0.894. The number of nitrogens with zero attached hydrogens (tertiary/aromatic N) is 2. The SMILES string of the molecule is N#C[Se]C=C([Se]C#N)c1ccc(Cl)cc1. The molecule has 0 saturated heterocycles. The van der Waals surface area contributed by atoms with Crippen LogP contribution in [-0.2, 0) is 0 Å². The first-order valence-electron chi connectivity index (χ1n) is 3.84. The van der Waals surface area contributed by atoms with Gasteiger partial charge in [0.25, 0.3) is 0 Å². The predicted octanol–water partition coefficient (Wildman–Crippen LogP) is 2.01. The van der Waals surface area contributed by atoms with E-state index in [0.717, 1.165) is 10.0 Å². The number of benzene rings is 1. The topological polar surface area (TPSA) is 47.6 Å². The molecule has 0 heterocycles. The molecule has 1 rings (SSSR count). The molecule has 1 aromatic carbocycles. The number of hydrogen-bond donors (Lipinski definition) is 0. The van der Waals surface area contributed by atoms with Gasteiger partial charge in [-0.3, -0.25) is 0 Å². The van der Waals surface area contributed by atoms with Gasteiger partial charge in [0.2, 0.25) is 0 Å². The summed E-state index contributed by atoms with van der Waals surface area (Å²) >= 11 is 5.35. The quantitative estimate of drug-likeness (QED) is 0.786. The number of rotatable bonds is 3. The zero-order chi connectivity index (χ0) is 11.1. The minimum absolute atomic E-state index is 0.187. The molecule has 0 unspecified atom stereocenters. The van der Waals surface area contributed by atoms with Crippen LogP contribution in [0.3, 0.4) is 0 Å². The minimum atomic E-state index is -0.230. The molecule has 5 heteroatoms. The number of nitriles is 2. The Morgan fingerprint density at radius 2 is 1.87 bits per heavy atom. The summed E-state index contributed by atoms with van der Waals surface area (Å²) in [6, 6.07) is 7.33. The molecule has 0 aliphatic heterocycles. The molecule has 0 fully saturated rings. The van der Waals surface area contributed by atoms with Crippen molar-refractivity contribution < 1.29 is 0 Å². The molecular weight excluding hydrogens is 341 g/mol. The van der Waals surface area contributed by atoms with Crippen LogP contribution in [0, 0.1) is 20.5 Å². The van der Waals surface area contributed by atoms with E-state index in [-0.39, 0.29) is 29.9 Å². The second-order valence-corrected chi connectivity index (χ2v) is 5.93. The van der Waals surface area contributed by atoms with E-state index in [1.54, 1.807) is 12.1 Å². The van der Waals surface area contributed by atoms with Gasteiger partial charge in [0.05, 0.1) is 0 Å². The van der Waals surface area contributed by atoms with E-state index in [4.69, 9.17) is 22.1 Å². The Morgan fingerprint density at radius 1 is 1.20 bits per heavy atom. The van der Waals surface area contributed by atoms with Crippen molar-refractivity contribution in [3.05, 3.63) is 39.8 Å². The summed E-state index contributed by atoms with van der Waals surface area (Å²) in [6.07, 6.45) is 0. The molecule has 1 aromatic rings. The maximum atomic E-state index is 8.69. The van der Waals surface area contributed by atoms with Crippen LogP contribution < -0.4 is 0 Å². The van der Waals surface area contributed by atoms with E-state index in [2.05, 4.69) is 9.94 Å². The zero-order valence-electron chi connectivity index (χ0n) is 7.48. The van der Waals surface area contributed by atoms with Gasteiger partial charge in [0.15, 0.2) is 0 Å². The van der Waals surface area contributed by atoms with Crippen LogP contribution in [0.2, 0.25) is 5.02 Å². The zero-order valence-corrected chi connectivity index (χ0v) is 11.7. The molecule has 0 spiro atoms. The van der Waals surface area contributed by atoms with Gasteiger partial charge in [-0.1, -0.05) is 0 Å². The van der Waals surface area contributed by atoms with Crippen LogP contribution >= 0.6 is 11.6 Å². The van der Waals surface area contributed by atoms with Crippen LogP contribution in [0.15, 0.2) is 29.2 Å². The van der Waals surface area contributed by atoms with Gasteiger partial charge in [-0.25, -0.2) is 0 Å². The molecule has 0 amide bonds.